The molecule has 0 radical (unpaired) electrons. The van der Waals surface area contributed by atoms with Gasteiger partial charge in [0.05, 0.1) is 19.1 Å². The predicted molar refractivity (Wildman–Crippen MR) is 83.7 cm³/mol. The minimum Gasteiger partial charge on any atom is -0.480 e. The minimum absolute atomic E-state index is 0.213. The molecule has 0 unspecified atom stereocenters. The van der Waals surface area contributed by atoms with E-state index in [1.165, 1.54) is 19.4 Å². The molecule has 0 aliphatic rings. The standard InChI is InChI=1S/C14H15N3O4S/c1-21-14-12(7-4-8-15-14)13(18)16-10-5-3-6-11(9-10)17-22(2,19)20/h3-9,17H,1-2H3,(H,16,18). The fourth-order valence-corrected chi connectivity index (χ4v) is 2.35. The summed E-state index contributed by atoms with van der Waals surface area (Å²) in [6, 6.07) is 9.58. The number of hydrogen-bond acceptors (Lipinski definition) is 5. The molecule has 2 aromatic rings. The zero-order valence-electron chi connectivity index (χ0n) is 12.0. The lowest BCUT2D eigenvalue weighted by atomic mass is 10.2. The summed E-state index contributed by atoms with van der Waals surface area (Å²) in [7, 11) is -1.95. The zero-order chi connectivity index (χ0) is 16.2. The van der Waals surface area contributed by atoms with E-state index in [1.54, 1.807) is 30.3 Å². The Morgan fingerprint density at radius 1 is 1.18 bits per heavy atom. The van der Waals surface area contributed by atoms with Gasteiger partial charge in [0, 0.05) is 11.9 Å². The van der Waals surface area contributed by atoms with E-state index in [0.29, 0.717) is 11.4 Å². The number of ether oxygens (including phenoxy) is 1. The van der Waals surface area contributed by atoms with Crippen molar-refractivity contribution in [1.82, 2.24) is 4.98 Å². The molecule has 0 aliphatic heterocycles. The molecule has 1 heterocycles. The van der Waals surface area contributed by atoms with E-state index < -0.39 is 15.9 Å². The molecular weight excluding hydrogens is 306 g/mol. The molecule has 7 nitrogen and oxygen atoms in total. The van der Waals surface area contributed by atoms with E-state index in [2.05, 4.69) is 15.0 Å². The molecule has 2 rings (SSSR count). The van der Waals surface area contributed by atoms with Crippen molar-refractivity contribution >= 4 is 27.3 Å². The van der Waals surface area contributed by atoms with Gasteiger partial charge in [-0.15, -0.1) is 0 Å². The summed E-state index contributed by atoms with van der Waals surface area (Å²) in [6.45, 7) is 0. The molecule has 0 fully saturated rings. The lowest BCUT2D eigenvalue weighted by molar-refractivity contribution is 0.102. The topological polar surface area (TPSA) is 97.4 Å². The monoisotopic (exact) mass is 321 g/mol. The average Bonchev–Trinajstić information content (AvgIpc) is 2.45. The number of rotatable bonds is 5. The number of aromatic nitrogens is 1. The van der Waals surface area contributed by atoms with Crippen LogP contribution in [0.15, 0.2) is 42.6 Å². The van der Waals surface area contributed by atoms with Gasteiger partial charge in [-0.3, -0.25) is 9.52 Å². The Morgan fingerprint density at radius 2 is 1.91 bits per heavy atom. The van der Waals surface area contributed by atoms with Crippen LogP contribution in [0.1, 0.15) is 10.4 Å². The van der Waals surface area contributed by atoms with Crippen LogP contribution >= 0.6 is 0 Å². The zero-order valence-corrected chi connectivity index (χ0v) is 12.8. The third-order valence-electron chi connectivity index (χ3n) is 2.63. The van der Waals surface area contributed by atoms with Gasteiger partial charge >= 0.3 is 0 Å². The van der Waals surface area contributed by atoms with Gasteiger partial charge in [0.1, 0.15) is 5.56 Å². The number of benzene rings is 1. The smallest absolute Gasteiger partial charge is 0.261 e. The van der Waals surface area contributed by atoms with Crippen molar-refractivity contribution in [3.63, 3.8) is 0 Å². The summed E-state index contributed by atoms with van der Waals surface area (Å²) < 4.78 is 29.8. The Bertz CT molecular complexity index is 790. The van der Waals surface area contributed by atoms with E-state index >= 15 is 0 Å². The molecule has 8 heteroatoms. The first-order valence-corrected chi connectivity index (χ1v) is 8.16. The van der Waals surface area contributed by atoms with Crippen molar-refractivity contribution in [3.8, 4) is 5.88 Å². The summed E-state index contributed by atoms with van der Waals surface area (Å²) in [4.78, 5) is 16.2. The van der Waals surface area contributed by atoms with Crippen molar-refractivity contribution in [1.29, 1.82) is 0 Å². The van der Waals surface area contributed by atoms with Crippen molar-refractivity contribution < 1.29 is 17.9 Å². The van der Waals surface area contributed by atoms with E-state index in [9.17, 15) is 13.2 Å². The Hall–Kier alpha value is -2.61. The molecule has 0 atom stereocenters. The molecule has 0 saturated carbocycles. The van der Waals surface area contributed by atoms with Gasteiger partial charge < -0.3 is 10.1 Å². The second kappa shape index (κ2) is 6.44. The van der Waals surface area contributed by atoms with Crippen LogP contribution in [-0.4, -0.2) is 32.7 Å². The van der Waals surface area contributed by atoms with Crippen molar-refractivity contribution in [2.24, 2.45) is 0 Å². The van der Waals surface area contributed by atoms with Gasteiger partial charge in [-0.1, -0.05) is 6.07 Å². The second-order valence-electron chi connectivity index (χ2n) is 4.47. The van der Waals surface area contributed by atoms with E-state index in [-0.39, 0.29) is 11.4 Å². The number of pyridine rings is 1. The summed E-state index contributed by atoms with van der Waals surface area (Å²) in [5.41, 5.74) is 1.09. The van der Waals surface area contributed by atoms with Crippen LogP contribution in [-0.2, 0) is 10.0 Å². The van der Waals surface area contributed by atoms with Crippen LogP contribution in [0.4, 0.5) is 11.4 Å². The number of methoxy groups -OCH3 is 1. The number of nitrogens with one attached hydrogen (secondary N) is 2. The first-order chi connectivity index (χ1) is 10.4. The van der Waals surface area contributed by atoms with Gasteiger partial charge in [-0.05, 0) is 30.3 Å². The van der Waals surface area contributed by atoms with Crippen LogP contribution in [0.25, 0.3) is 0 Å². The van der Waals surface area contributed by atoms with Gasteiger partial charge in [0.25, 0.3) is 5.91 Å². The highest BCUT2D eigenvalue weighted by molar-refractivity contribution is 7.92. The maximum absolute atomic E-state index is 12.2. The number of hydrogen-bond donors (Lipinski definition) is 2. The van der Waals surface area contributed by atoms with Crippen molar-refractivity contribution in [2.45, 2.75) is 0 Å². The molecule has 0 aliphatic carbocycles. The number of carbonyl (C=O) groups excluding carboxylic acids is 1. The van der Waals surface area contributed by atoms with Crippen LogP contribution in [0.5, 0.6) is 5.88 Å². The molecule has 0 saturated heterocycles. The summed E-state index contributed by atoms with van der Waals surface area (Å²) in [6.07, 6.45) is 2.57. The van der Waals surface area contributed by atoms with Crippen molar-refractivity contribution in [2.75, 3.05) is 23.4 Å². The van der Waals surface area contributed by atoms with E-state index in [0.717, 1.165) is 6.26 Å². The SMILES string of the molecule is COc1ncccc1C(=O)Nc1cccc(NS(C)(=O)=O)c1. The fourth-order valence-electron chi connectivity index (χ4n) is 1.80. The van der Waals surface area contributed by atoms with Crippen LogP contribution in [0.2, 0.25) is 0 Å². The van der Waals surface area contributed by atoms with Gasteiger partial charge in [-0.2, -0.15) is 0 Å². The second-order valence-corrected chi connectivity index (χ2v) is 6.22. The first-order valence-electron chi connectivity index (χ1n) is 6.27. The number of sulfonamides is 1. The fraction of sp³-hybridized carbons (Fsp3) is 0.143. The van der Waals surface area contributed by atoms with Gasteiger partial charge in [0.2, 0.25) is 15.9 Å². The number of amides is 1. The quantitative estimate of drug-likeness (QED) is 0.874. The number of anilines is 2. The van der Waals surface area contributed by atoms with Gasteiger partial charge in [-0.25, -0.2) is 13.4 Å². The lowest BCUT2D eigenvalue weighted by Crippen LogP contribution is -2.14. The molecular formula is C14H15N3O4S. The molecule has 116 valence electrons. The Morgan fingerprint density at radius 3 is 2.59 bits per heavy atom. The summed E-state index contributed by atoms with van der Waals surface area (Å²) in [5.74, 6) is -0.188. The van der Waals surface area contributed by atoms with Crippen LogP contribution in [0.3, 0.4) is 0 Å². The highest BCUT2D eigenvalue weighted by atomic mass is 32.2. The predicted octanol–water partition coefficient (Wildman–Crippen LogP) is 1.71. The van der Waals surface area contributed by atoms with E-state index in [1.807, 2.05) is 0 Å². The molecule has 0 bridgehead atoms. The third-order valence-corrected chi connectivity index (χ3v) is 3.24. The van der Waals surface area contributed by atoms with E-state index in [4.69, 9.17) is 4.74 Å². The molecule has 2 N–H and O–H groups in total. The van der Waals surface area contributed by atoms with Gasteiger partial charge in [0.15, 0.2) is 0 Å². The summed E-state index contributed by atoms with van der Waals surface area (Å²) in [5, 5.41) is 2.67. The Balaban J connectivity index is 2.20. The van der Waals surface area contributed by atoms with Crippen molar-refractivity contribution in [3.05, 3.63) is 48.2 Å². The highest BCUT2D eigenvalue weighted by Crippen LogP contribution is 2.19. The average molecular weight is 321 g/mol. The molecule has 0 spiro atoms. The third kappa shape index (κ3) is 4.19. The maximum Gasteiger partial charge on any atom is 0.261 e. The van der Waals surface area contributed by atoms with Crippen LogP contribution in [0, 0.1) is 0 Å². The summed E-state index contributed by atoms with van der Waals surface area (Å²) >= 11 is 0. The molecule has 1 aromatic carbocycles. The van der Waals surface area contributed by atoms with Crippen LogP contribution < -0.4 is 14.8 Å². The largest absolute Gasteiger partial charge is 0.480 e. The number of carbonyl (C=O) groups is 1. The molecule has 1 aromatic heterocycles. The maximum atomic E-state index is 12.2. The lowest BCUT2D eigenvalue weighted by Gasteiger charge is -2.10. The molecule has 1 amide bonds. The minimum atomic E-state index is -3.38. The Kier molecular flexibility index (Phi) is 4.62. The highest BCUT2D eigenvalue weighted by Gasteiger charge is 2.13. The normalized spacial score (nSPS) is 10.8. The molecule has 22 heavy (non-hydrogen) atoms. The number of nitrogens with zero attached hydrogens (tertiary/aromatic N) is 1. The first kappa shape index (κ1) is 15.8. The Labute approximate surface area is 128 Å².